The summed E-state index contributed by atoms with van der Waals surface area (Å²) in [6.45, 7) is 0. The summed E-state index contributed by atoms with van der Waals surface area (Å²) < 4.78 is 9.22. The van der Waals surface area contributed by atoms with Crippen LogP contribution >= 0.6 is 10.0 Å². The van der Waals surface area contributed by atoms with E-state index >= 15 is 0 Å². The Morgan fingerprint density at radius 1 is 0.230 bits per heavy atom. The van der Waals surface area contributed by atoms with Crippen molar-refractivity contribution in [2.24, 2.45) is 0 Å². The Bertz CT molecular complexity index is 5040. The second-order valence-corrected chi connectivity index (χ2v) is 25.8. The fourth-order valence-electron chi connectivity index (χ4n) is 13.6. The van der Waals surface area contributed by atoms with Gasteiger partial charge in [0.1, 0.15) is 11.2 Å². The zero-order valence-electron chi connectivity index (χ0n) is 47.5. The molecule has 14 aromatic carbocycles. The molecular weight excluding hydrogens is 1070 g/mol. The van der Waals surface area contributed by atoms with Gasteiger partial charge in [-0.05, 0) is 156 Å². The smallest absolute Gasteiger partial charge is 0.143 e. The zero-order valence-corrected chi connectivity index (χ0v) is 48.3. The van der Waals surface area contributed by atoms with Gasteiger partial charge in [0.05, 0.1) is 11.0 Å². The summed E-state index contributed by atoms with van der Waals surface area (Å²) in [5.74, 6) is 0. The van der Waals surface area contributed by atoms with Gasteiger partial charge in [-0.25, -0.2) is 0 Å². The van der Waals surface area contributed by atoms with Gasteiger partial charge in [0.15, 0.2) is 0 Å². The monoisotopic (exact) mass is 1130 g/mol. The Morgan fingerprint density at radius 3 is 1.08 bits per heavy atom. The Morgan fingerprint density at radius 2 is 0.598 bits per heavy atom. The highest BCUT2D eigenvalue weighted by Crippen LogP contribution is 2.80. The maximum atomic E-state index is 6.71. The lowest BCUT2D eigenvalue weighted by Crippen LogP contribution is -2.03. The lowest BCUT2D eigenvalue weighted by atomic mass is 9.96. The van der Waals surface area contributed by atoms with E-state index < -0.39 is 10.0 Å². The lowest BCUT2D eigenvalue weighted by Gasteiger charge is -2.39. The number of benzene rings is 14. The fraction of sp³-hybridized carbons (Fsp3) is 0. The molecule has 0 fully saturated rings. The molecule has 87 heavy (non-hydrogen) atoms. The van der Waals surface area contributed by atoms with Crippen LogP contribution in [0.4, 0.5) is 0 Å². The van der Waals surface area contributed by atoms with Gasteiger partial charge >= 0.3 is 0 Å². The van der Waals surface area contributed by atoms with Crippen molar-refractivity contribution in [3.63, 3.8) is 0 Å². The van der Waals surface area contributed by atoms with Crippen LogP contribution in [0, 0.1) is 0 Å². The molecule has 1 aliphatic rings. The highest BCUT2D eigenvalue weighted by molar-refractivity contribution is 8.34. The molecule has 0 bridgehead atoms. The molecule has 0 radical (unpaired) electrons. The predicted octanol–water partition coefficient (Wildman–Crippen LogP) is 23.7. The molecule has 0 aliphatic carbocycles. The summed E-state index contributed by atoms with van der Waals surface area (Å²) in [6.07, 6.45) is 0. The number of fused-ring (bicyclic) bond motifs is 9. The molecule has 0 saturated heterocycles. The number of hydrogen-bond acceptors (Lipinski definition) is 1. The molecule has 0 unspecified atom stereocenters. The van der Waals surface area contributed by atoms with Gasteiger partial charge in [-0.1, -0.05) is 261 Å². The second kappa shape index (κ2) is 20.7. The molecule has 408 valence electrons. The molecule has 2 aromatic heterocycles. The Hall–Kier alpha value is -11.0. The Labute approximate surface area is 507 Å². The van der Waals surface area contributed by atoms with E-state index in [9.17, 15) is 0 Å². The largest absolute Gasteiger partial charge is 0.455 e. The predicted molar refractivity (Wildman–Crippen MR) is 365 cm³/mol. The van der Waals surface area contributed by atoms with Crippen molar-refractivity contribution in [1.29, 1.82) is 0 Å². The number of aromatic nitrogens is 1. The first-order chi connectivity index (χ1) is 43.1. The van der Waals surface area contributed by atoms with Crippen LogP contribution in [0.2, 0.25) is 0 Å². The van der Waals surface area contributed by atoms with E-state index in [1.807, 2.05) is 0 Å². The van der Waals surface area contributed by atoms with Crippen molar-refractivity contribution < 1.29 is 4.42 Å². The van der Waals surface area contributed by atoms with Crippen LogP contribution in [-0.2, 0) is 0 Å². The molecule has 1 aliphatic heterocycles. The van der Waals surface area contributed by atoms with Gasteiger partial charge < -0.3 is 8.98 Å². The normalized spacial score (nSPS) is 12.8. The van der Waals surface area contributed by atoms with Crippen LogP contribution < -0.4 is 0 Å². The summed E-state index contributed by atoms with van der Waals surface area (Å²) >= 11 is 0. The highest BCUT2D eigenvalue weighted by Gasteiger charge is 2.43. The van der Waals surface area contributed by atoms with Crippen LogP contribution in [0.1, 0.15) is 0 Å². The van der Waals surface area contributed by atoms with E-state index in [1.54, 1.807) is 0 Å². The maximum Gasteiger partial charge on any atom is 0.143 e. The average molecular weight is 1130 g/mol. The summed E-state index contributed by atoms with van der Waals surface area (Å²) in [6, 6.07) is 123. The number of nitrogens with zero attached hydrogens (tertiary/aromatic N) is 1. The molecule has 16 aromatic rings. The van der Waals surface area contributed by atoms with Gasteiger partial charge in [-0.3, -0.25) is 0 Å². The highest BCUT2D eigenvalue weighted by atomic mass is 32.3. The molecular formula is C84H55NOS. The van der Waals surface area contributed by atoms with E-state index in [-0.39, 0.29) is 0 Å². The van der Waals surface area contributed by atoms with Gasteiger partial charge in [0.25, 0.3) is 0 Å². The number of hydrogen-bond donors (Lipinski definition) is 0. The van der Waals surface area contributed by atoms with E-state index in [0.717, 1.165) is 49.8 Å². The quantitative estimate of drug-likeness (QED) is 0.133. The minimum absolute atomic E-state index is 0.901. The summed E-state index contributed by atoms with van der Waals surface area (Å²) in [4.78, 5) is 5.27. The van der Waals surface area contributed by atoms with E-state index in [1.165, 1.54) is 108 Å². The average Bonchev–Trinajstić information content (AvgIpc) is 1.68. The second-order valence-electron chi connectivity index (χ2n) is 22.8. The minimum atomic E-state index is -2.07. The van der Waals surface area contributed by atoms with Crippen LogP contribution in [0.25, 0.3) is 138 Å². The molecule has 17 rings (SSSR count). The van der Waals surface area contributed by atoms with Gasteiger partial charge in [-0.15, -0.1) is 10.0 Å². The summed E-state index contributed by atoms with van der Waals surface area (Å²) in [5, 5.41) is 4.67. The van der Waals surface area contributed by atoms with Gasteiger partial charge in [0.2, 0.25) is 0 Å². The molecule has 0 spiro atoms. The fourth-order valence-corrected chi connectivity index (χ4v) is 17.9. The SMILES string of the molecule is c1ccc(-c2ccc(-c3ccc(-c4ccc5c(c4)c4cc(-c6ccc(-c7ccc(-c8ccccc8)cc7)cc6)ccc4n5-c4ccc5c(c4)S(c4ccccc4)(c4ccccc4)c4cc(-c6cccc7c6oc6ccccc67)ccc4-5)cc3)cc2)cc1. The standard InChI is InChI=1S/C84H55NOS/c1-5-16-56(17-6-1)58-28-32-60(33-29-58)62-36-40-64(41-37-62)66-45-50-79-77(52-66)78-53-67(65-42-38-63(39-43-65)61-34-30-59(31-35-61)57-18-7-2-8-19-57)46-51-80(78)85(79)69-47-49-75-74-48-44-68(72-25-15-26-76-73-24-13-14-27-81(73)86-84(72)76)54-82(74)87(83(75)55-69,70-20-9-3-10-21-70)71-22-11-4-12-23-71/h1-55H. The van der Waals surface area contributed by atoms with Crippen molar-refractivity contribution in [1.82, 2.24) is 4.57 Å². The third kappa shape index (κ3) is 8.42. The number of rotatable bonds is 10. The molecule has 0 atom stereocenters. The van der Waals surface area contributed by atoms with Crippen molar-refractivity contribution in [3.8, 4) is 94.7 Å². The third-order valence-corrected chi connectivity index (χ3v) is 21.9. The lowest BCUT2D eigenvalue weighted by molar-refractivity contribution is 0.670. The van der Waals surface area contributed by atoms with Gasteiger partial charge in [-0.2, -0.15) is 0 Å². The minimum Gasteiger partial charge on any atom is -0.455 e. The van der Waals surface area contributed by atoms with Crippen molar-refractivity contribution >= 4 is 53.8 Å². The van der Waals surface area contributed by atoms with E-state index in [4.69, 9.17) is 4.42 Å². The van der Waals surface area contributed by atoms with Crippen LogP contribution in [0.5, 0.6) is 0 Å². The van der Waals surface area contributed by atoms with Crippen LogP contribution in [-0.4, -0.2) is 4.57 Å². The summed E-state index contributed by atoms with van der Waals surface area (Å²) in [7, 11) is -2.07. The molecule has 2 nitrogen and oxygen atoms in total. The topological polar surface area (TPSA) is 18.1 Å². The number of para-hydroxylation sites is 2. The van der Waals surface area contributed by atoms with Gasteiger partial charge in [0, 0.05) is 52.4 Å². The first-order valence-corrected chi connectivity index (χ1v) is 31.5. The Balaban J connectivity index is 0.814. The van der Waals surface area contributed by atoms with Crippen molar-refractivity contribution in [3.05, 3.63) is 334 Å². The van der Waals surface area contributed by atoms with E-state index in [2.05, 4.69) is 338 Å². The first kappa shape index (κ1) is 50.5. The molecule has 0 saturated carbocycles. The maximum absolute atomic E-state index is 6.71. The van der Waals surface area contributed by atoms with Crippen molar-refractivity contribution in [2.45, 2.75) is 19.6 Å². The van der Waals surface area contributed by atoms with Crippen LogP contribution in [0.15, 0.2) is 358 Å². The molecule has 3 heteroatoms. The van der Waals surface area contributed by atoms with E-state index in [0.29, 0.717) is 0 Å². The Kier molecular flexibility index (Phi) is 12.0. The summed E-state index contributed by atoms with van der Waals surface area (Å²) in [5.41, 5.74) is 24.4. The molecule has 0 N–H and O–H groups in total. The van der Waals surface area contributed by atoms with Crippen LogP contribution in [0.3, 0.4) is 0 Å². The van der Waals surface area contributed by atoms with Crippen molar-refractivity contribution in [2.75, 3.05) is 0 Å². The number of furan rings is 1. The molecule has 0 amide bonds. The third-order valence-electron chi connectivity index (χ3n) is 17.9. The molecule has 3 heterocycles. The zero-order chi connectivity index (χ0) is 57.4. The first-order valence-electron chi connectivity index (χ1n) is 29.8.